The summed E-state index contributed by atoms with van der Waals surface area (Å²) in [7, 11) is 0. The maximum atomic E-state index is 11.4. The van der Waals surface area contributed by atoms with Gasteiger partial charge in [0.2, 0.25) is 0 Å². The van der Waals surface area contributed by atoms with Gasteiger partial charge in [-0.3, -0.25) is 4.98 Å². The zero-order valence-electron chi connectivity index (χ0n) is 12.3. The highest BCUT2D eigenvalue weighted by molar-refractivity contribution is 5.71. The number of rotatable bonds is 9. The molecule has 112 valence electrons. The van der Waals surface area contributed by atoms with Crippen molar-refractivity contribution in [2.75, 3.05) is 13.2 Å². The van der Waals surface area contributed by atoms with Gasteiger partial charge in [-0.25, -0.2) is 4.79 Å². The van der Waals surface area contributed by atoms with Crippen LogP contribution in [0, 0.1) is 0 Å². The standard InChI is InChI=1S/C15H24N2O3/c1-3-5-8-19-15(18)11-20-14-7-6-13(17-10-14)9-12(16)4-2/h6-7,10,12H,3-5,8-9,11,16H2,1-2H3. The lowest BCUT2D eigenvalue weighted by molar-refractivity contribution is -0.146. The molecule has 0 radical (unpaired) electrons. The summed E-state index contributed by atoms with van der Waals surface area (Å²) >= 11 is 0. The van der Waals surface area contributed by atoms with Crippen LogP contribution in [0.25, 0.3) is 0 Å². The van der Waals surface area contributed by atoms with Crippen molar-refractivity contribution in [1.82, 2.24) is 4.98 Å². The van der Waals surface area contributed by atoms with Gasteiger partial charge >= 0.3 is 5.97 Å². The molecule has 0 saturated heterocycles. The summed E-state index contributed by atoms with van der Waals surface area (Å²) in [5, 5.41) is 0. The van der Waals surface area contributed by atoms with E-state index in [1.54, 1.807) is 12.3 Å². The lowest BCUT2D eigenvalue weighted by Crippen LogP contribution is -2.21. The number of carbonyl (C=O) groups excluding carboxylic acids is 1. The smallest absolute Gasteiger partial charge is 0.344 e. The molecule has 0 aliphatic heterocycles. The molecule has 0 spiro atoms. The Hall–Kier alpha value is -1.62. The minimum absolute atomic E-state index is 0.0841. The van der Waals surface area contributed by atoms with E-state index < -0.39 is 0 Å². The van der Waals surface area contributed by atoms with Crippen LogP contribution in [0.5, 0.6) is 5.75 Å². The number of nitrogens with two attached hydrogens (primary N) is 1. The van der Waals surface area contributed by atoms with Gasteiger partial charge < -0.3 is 15.2 Å². The number of ether oxygens (including phenoxy) is 2. The summed E-state index contributed by atoms with van der Waals surface area (Å²) in [4.78, 5) is 15.6. The number of hydrogen-bond donors (Lipinski definition) is 1. The molecule has 0 aliphatic rings. The Balaban J connectivity index is 2.32. The van der Waals surface area contributed by atoms with E-state index in [2.05, 4.69) is 4.98 Å². The molecule has 0 aromatic carbocycles. The summed E-state index contributed by atoms with van der Waals surface area (Å²) in [5.41, 5.74) is 6.79. The van der Waals surface area contributed by atoms with Crippen LogP contribution >= 0.6 is 0 Å². The summed E-state index contributed by atoms with van der Waals surface area (Å²) in [6.07, 6.45) is 5.15. The summed E-state index contributed by atoms with van der Waals surface area (Å²) in [6, 6.07) is 3.79. The van der Waals surface area contributed by atoms with E-state index in [9.17, 15) is 4.79 Å². The SMILES string of the molecule is CCCCOC(=O)COc1ccc(CC(N)CC)nc1. The maximum absolute atomic E-state index is 11.4. The van der Waals surface area contributed by atoms with Crippen molar-refractivity contribution < 1.29 is 14.3 Å². The van der Waals surface area contributed by atoms with Crippen LogP contribution in [0.15, 0.2) is 18.3 Å². The Morgan fingerprint density at radius 2 is 2.20 bits per heavy atom. The van der Waals surface area contributed by atoms with Crippen molar-refractivity contribution >= 4 is 5.97 Å². The molecule has 0 amide bonds. The fraction of sp³-hybridized carbons (Fsp3) is 0.600. The van der Waals surface area contributed by atoms with Crippen LogP contribution in [0.4, 0.5) is 0 Å². The molecule has 5 nitrogen and oxygen atoms in total. The zero-order valence-corrected chi connectivity index (χ0v) is 12.3. The van der Waals surface area contributed by atoms with Gasteiger partial charge in [0.05, 0.1) is 12.8 Å². The number of pyridine rings is 1. The lowest BCUT2D eigenvalue weighted by Gasteiger charge is -2.09. The first kappa shape index (κ1) is 16.4. The second-order valence-electron chi connectivity index (χ2n) is 4.72. The van der Waals surface area contributed by atoms with Crippen LogP contribution in [0.2, 0.25) is 0 Å². The van der Waals surface area contributed by atoms with Gasteiger partial charge in [0.1, 0.15) is 5.75 Å². The average Bonchev–Trinajstić information content (AvgIpc) is 2.46. The predicted molar refractivity (Wildman–Crippen MR) is 77.6 cm³/mol. The largest absolute Gasteiger partial charge is 0.480 e. The molecule has 0 fully saturated rings. The first-order valence-electron chi connectivity index (χ1n) is 7.14. The topological polar surface area (TPSA) is 74.4 Å². The highest BCUT2D eigenvalue weighted by Crippen LogP contribution is 2.10. The van der Waals surface area contributed by atoms with E-state index in [0.717, 1.165) is 31.4 Å². The minimum Gasteiger partial charge on any atom is -0.480 e. The van der Waals surface area contributed by atoms with Crippen molar-refractivity contribution in [3.63, 3.8) is 0 Å². The predicted octanol–water partition coefficient (Wildman–Crippen LogP) is 2.08. The Kier molecular flexibility index (Phi) is 7.65. The molecule has 0 saturated carbocycles. The molecule has 1 aromatic rings. The van der Waals surface area contributed by atoms with Crippen molar-refractivity contribution in [3.05, 3.63) is 24.0 Å². The van der Waals surface area contributed by atoms with E-state index in [0.29, 0.717) is 12.4 Å². The molecule has 5 heteroatoms. The van der Waals surface area contributed by atoms with Crippen LogP contribution in [0.1, 0.15) is 38.8 Å². The Bertz CT molecular complexity index is 393. The third kappa shape index (κ3) is 6.52. The number of unbranched alkanes of at least 4 members (excludes halogenated alkanes) is 1. The van der Waals surface area contributed by atoms with Crippen molar-refractivity contribution in [1.29, 1.82) is 0 Å². The van der Waals surface area contributed by atoms with Gasteiger partial charge in [0, 0.05) is 18.2 Å². The van der Waals surface area contributed by atoms with E-state index in [1.165, 1.54) is 0 Å². The van der Waals surface area contributed by atoms with Crippen LogP contribution in [0.3, 0.4) is 0 Å². The molecule has 1 rings (SSSR count). The summed E-state index contributed by atoms with van der Waals surface area (Å²) in [6.45, 7) is 4.46. The minimum atomic E-state index is -0.351. The normalized spacial score (nSPS) is 11.9. The number of carbonyl (C=O) groups is 1. The lowest BCUT2D eigenvalue weighted by atomic mass is 10.1. The van der Waals surface area contributed by atoms with Gasteiger partial charge in [0.15, 0.2) is 6.61 Å². The third-order valence-electron chi connectivity index (χ3n) is 2.91. The molecule has 1 heterocycles. The second-order valence-corrected chi connectivity index (χ2v) is 4.72. The monoisotopic (exact) mass is 280 g/mol. The number of aromatic nitrogens is 1. The quantitative estimate of drug-likeness (QED) is 0.554. The molecular formula is C15H24N2O3. The molecule has 0 bridgehead atoms. The molecule has 1 atom stereocenters. The van der Waals surface area contributed by atoms with Crippen molar-refractivity contribution in [2.24, 2.45) is 5.73 Å². The van der Waals surface area contributed by atoms with Crippen LogP contribution in [-0.4, -0.2) is 30.2 Å². The third-order valence-corrected chi connectivity index (χ3v) is 2.91. The Morgan fingerprint density at radius 3 is 2.80 bits per heavy atom. The number of hydrogen-bond acceptors (Lipinski definition) is 5. The van der Waals surface area contributed by atoms with Gasteiger partial charge in [0.25, 0.3) is 0 Å². The highest BCUT2D eigenvalue weighted by Gasteiger charge is 2.06. The Labute approximate surface area is 120 Å². The summed E-state index contributed by atoms with van der Waals surface area (Å²) < 4.78 is 10.3. The average molecular weight is 280 g/mol. The van der Waals surface area contributed by atoms with E-state index in [-0.39, 0.29) is 18.6 Å². The molecule has 20 heavy (non-hydrogen) atoms. The van der Waals surface area contributed by atoms with E-state index in [4.69, 9.17) is 15.2 Å². The molecule has 1 unspecified atom stereocenters. The molecule has 2 N–H and O–H groups in total. The first-order valence-corrected chi connectivity index (χ1v) is 7.14. The second kappa shape index (κ2) is 9.31. The van der Waals surface area contributed by atoms with Crippen LogP contribution < -0.4 is 10.5 Å². The van der Waals surface area contributed by atoms with Gasteiger partial charge in [-0.15, -0.1) is 0 Å². The van der Waals surface area contributed by atoms with Gasteiger partial charge in [-0.1, -0.05) is 20.3 Å². The summed E-state index contributed by atoms with van der Waals surface area (Å²) in [5.74, 6) is 0.210. The van der Waals surface area contributed by atoms with Gasteiger partial charge in [-0.05, 0) is 25.0 Å². The van der Waals surface area contributed by atoms with Crippen molar-refractivity contribution in [3.8, 4) is 5.75 Å². The van der Waals surface area contributed by atoms with Gasteiger partial charge in [-0.2, -0.15) is 0 Å². The van der Waals surface area contributed by atoms with E-state index >= 15 is 0 Å². The zero-order chi connectivity index (χ0) is 14.8. The fourth-order valence-electron chi connectivity index (χ4n) is 1.54. The number of esters is 1. The Morgan fingerprint density at radius 1 is 1.40 bits per heavy atom. The number of nitrogens with zero attached hydrogens (tertiary/aromatic N) is 1. The van der Waals surface area contributed by atoms with Crippen LogP contribution in [-0.2, 0) is 16.0 Å². The molecular weight excluding hydrogens is 256 g/mol. The fourth-order valence-corrected chi connectivity index (χ4v) is 1.54. The van der Waals surface area contributed by atoms with E-state index in [1.807, 2.05) is 19.9 Å². The highest BCUT2D eigenvalue weighted by atomic mass is 16.6. The molecule has 1 aromatic heterocycles. The maximum Gasteiger partial charge on any atom is 0.344 e. The van der Waals surface area contributed by atoms with Crippen molar-refractivity contribution in [2.45, 2.75) is 45.6 Å². The molecule has 0 aliphatic carbocycles. The first-order chi connectivity index (χ1) is 9.65.